The molecule has 0 aliphatic carbocycles. The number of aromatic hydroxyl groups is 1. The first-order valence-corrected chi connectivity index (χ1v) is 10.7. The van der Waals surface area contributed by atoms with E-state index in [9.17, 15) is 23.1 Å². The lowest BCUT2D eigenvalue weighted by atomic mass is 10.0. The van der Waals surface area contributed by atoms with Crippen molar-refractivity contribution in [3.8, 4) is 5.75 Å². The van der Waals surface area contributed by atoms with Crippen LogP contribution < -0.4 is 15.8 Å². The number of hydrazone groups is 1. The third-order valence-electron chi connectivity index (χ3n) is 4.66. The predicted molar refractivity (Wildman–Crippen MR) is 116 cm³/mol. The van der Waals surface area contributed by atoms with Crippen molar-refractivity contribution in [3.63, 3.8) is 0 Å². The van der Waals surface area contributed by atoms with Gasteiger partial charge in [-0.2, -0.15) is 5.10 Å². The van der Waals surface area contributed by atoms with Crippen molar-refractivity contribution in [2.75, 3.05) is 0 Å². The first kappa shape index (κ1) is 22.0. The Morgan fingerprint density at radius 1 is 1.03 bits per heavy atom. The Balaban J connectivity index is 1.93. The maximum absolute atomic E-state index is 13.0. The highest BCUT2D eigenvalue weighted by Gasteiger charge is 2.26. The molecule has 1 aromatic heterocycles. The fourth-order valence-electron chi connectivity index (χ4n) is 3.33. The van der Waals surface area contributed by atoms with Crippen LogP contribution >= 0.6 is 0 Å². The molecule has 0 bridgehead atoms. The van der Waals surface area contributed by atoms with Gasteiger partial charge in [0.2, 0.25) is 0 Å². The van der Waals surface area contributed by atoms with Crippen LogP contribution in [-0.4, -0.2) is 25.3 Å². The van der Waals surface area contributed by atoms with Gasteiger partial charge in [-0.15, -0.1) is 0 Å². The molecule has 10 heteroatoms. The molecule has 3 N–H and O–H groups in total. The minimum atomic E-state index is -4.38. The standard InChI is InChI=1S/C21H21N3O6S/c1-11-9-13(3)20(19-18(11)12(2)10-17(26)30-19)31(28,29)24-21(27)23-22-14(4)15-5-7-16(25)8-6-15/h5-10,25H,1-4H3,(H2,23,24,27)/b22-14-. The van der Waals surface area contributed by atoms with Crippen molar-refractivity contribution in [2.24, 2.45) is 5.10 Å². The second kappa shape index (κ2) is 8.23. The Labute approximate surface area is 178 Å². The van der Waals surface area contributed by atoms with Crippen LogP contribution in [0.15, 0.2) is 55.6 Å². The number of urea groups is 1. The lowest BCUT2D eigenvalue weighted by molar-refractivity contribution is 0.246. The van der Waals surface area contributed by atoms with Gasteiger partial charge >= 0.3 is 11.7 Å². The topological polar surface area (TPSA) is 138 Å². The largest absolute Gasteiger partial charge is 0.508 e. The highest BCUT2D eigenvalue weighted by Crippen LogP contribution is 2.30. The van der Waals surface area contributed by atoms with Gasteiger partial charge in [0.15, 0.2) is 5.58 Å². The molecule has 31 heavy (non-hydrogen) atoms. The average Bonchev–Trinajstić information content (AvgIpc) is 2.65. The zero-order valence-electron chi connectivity index (χ0n) is 17.3. The van der Waals surface area contributed by atoms with E-state index >= 15 is 0 Å². The van der Waals surface area contributed by atoms with E-state index in [0.717, 1.165) is 5.56 Å². The second-order valence-electron chi connectivity index (χ2n) is 7.08. The number of rotatable bonds is 4. The normalized spacial score (nSPS) is 12.1. The van der Waals surface area contributed by atoms with Crippen LogP contribution in [-0.2, 0) is 10.0 Å². The summed E-state index contributed by atoms with van der Waals surface area (Å²) in [6.07, 6.45) is 0. The molecule has 0 aliphatic rings. The number of carbonyl (C=O) groups excluding carboxylic acids is 1. The monoisotopic (exact) mass is 443 g/mol. The lowest BCUT2D eigenvalue weighted by Crippen LogP contribution is -2.37. The van der Waals surface area contributed by atoms with Crippen LogP contribution in [0.25, 0.3) is 11.0 Å². The molecule has 0 fully saturated rings. The Kier molecular flexibility index (Phi) is 5.85. The minimum Gasteiger partial charge on any atom is -0.508 e. The van der Waals surface area contributed by atoms with Crippen LogP contribution in [0.1, 0.15) is 29.2 Å². The van der Waals surface area contributed by atoms with Crippen molar-refractivity contribution in [1.29, 1.82) is 0 Å². The fourth-order valence-corrected chi connectivity index (χ4v) is 4.59. The van der Waals surface area contributed by atoms with Crippen molar-refractivity contribution in [3.05, 3.63) is 69.1 Å². The van der Waals surface area contributed by atoms with Gasteiger partial charge in [-0.1, -0.05) is 6.07 Å². The average molecular weight is 443 g/mol. The Morgan fingerprint density at radius 3 is 2.29 bits per heavy atom. The van der Waals surface area contributed by atoms with Crippen molar-refractivity contribution in [1.82, 2.24) is 10.1 Å². The summed E-state index contributed by atoms with van der Waals surface area (Å²) in [7, 11) is -4.38. The molecule has 0 spiro atoms. The van der Waals surface area contributed by atoms with Crippen molar-refractivity contribution >= 4 is 32.7 Å². The summed E-state index contributed by atoms with van der Waals surface area (Å²) in [4.78, 5) is 23.8. The molecule has 162 valence electrons. The van der Waals surface area contributed by atoms with Gasteiger partial charge < -0.3 is 9.52 Å². The molecule has 2 aromatic carbocycles. The van der Waals surface area contributed by atoms with Gasteiger partial charge in [-0.3, -0.25) is 0 Å². The van der Waals surface area contributed by atoms with E-state index in [1.54, 1.807) is 45.9 Å². The number of hydrogen-bond acceptors (Lipinski definition) is 7. The highest BCUT2D eigenvalue weighted by molar-refractivity contribution is 7.90. The molecule has 0 atom stereocenters. The SMILES string of the molecule is C/C(=N/NC(=O)NS(=O)(=O)c1c(C)cc(C)c2c(C)cc(=O)oc12)c1ccc(O)cc1. The predicted octanol–water partition coefficient (Wildman–Crippen LogP) is 2.84. The fraction of sp³-hybridized carbons (Fsp3) is 0.190. The van der Waals surface area contributed by atoms with Crippen LogP contribution in [0.2, 0.25) is 0 Å². The van der Waals surface area contributed by atoms with Gasteiger partial charge in [-0.25, -0.2) is 28.2 Å². The maximum Gasteiger partial charge on any atom is 0.349 e. The van der Waals surface area contributed by atoms with Crippen LogP contribution in [0, 0.1) is 20.8 Å². The number of aryl methyl sites for hydroxylation is 3. The van der Waals surface area contributed by atoms with Crippen LogP contribution in [0.4, 0.5) is 4.79 Å². The molecular weight excluding hydrogens is 422 g/mol. The number of amides is 2. The summed E-state index contributed by atoms with van der Waals surface area (Å²) in [5, 5.41) is 13.7. The molecule has 3 rings (SSSR count). The molecule has 0 radical (unpaired) electrons. The molecule has 1 heterocycles. The summed E-state index contributed by atoms with van der Waals surface area (Å²) in [6, 6.07) is 7.95. The minimum absolute atomic E-state index is 0.0796. The number of benzene rings is 2. The summed E-state index contributed by atoms with van der Waals surface area (Å²) < 4.78 is 33.0. The van der Waals surface area contributed by atoms with Gasteiger partial charge in [0.1, 0.15) is 10.6 Å². The van der Waals surface area contributed by atoms with Gasteiger partial charge in [0.05, 0.1) is 5.71 Å². The van der Waals surface area contributed by atoms with Gasteiger partial charge in [0.25, 0.3) is 10.0 Å². The molecule has 2 amide bonds. The van der Waals surface area contributed by atoms with Crippen LogP contribution in [0.5, 0.6) is 5.75 Å². The van der Waals surface area contributed by atoms with Crippen LogP contribution in [0.3, 0.4) is 0 Å². The molecule has 0 saturated heterocycles. The molecule has 9 nitrogen and oxygen atoms in total. The zero-order chi connectivity index (χ0) is 22.9. The zero-order valence-corrected chi connectivity index (χ0v) is 18.1. The molecular formula is C21H21N3O6S. The maximum atomic E-state index is 13.0. The first-order valence-electron chi connectivity index (χ1n) is 9.20. The molecule has 0 unspecified atom stereocenters. The van der Waals surface area contributed by atoms with Gasteiger partial charge in [0, 0.05) is 11.5 Å². The Morgan fingerprint density at radius 2 is 1.65 bits per heavy atom. The van der Waals surface area contributed by atoms with E-state index in [1.807, 2.05) is 4.72 Å². The lowest BCUT2D eigenvalue weighted by Gasteiger charge is -2.14. The summed E-state index contributed by atoms with van der Waals surface area (Å²) in [5.41, 5.74) is 3.98. The quantitative estimate of drug-likeness (QED) is 0.322. The van der Waals surface area contributed by atoms with Crippen molar-refractivity contribution < 1.29 is 22.7 Å². The molecule has 0 saturated carbocycles. The van der Waals surface area contributed by atoms with E-state index < -0.39 is 21.7 Å². The smallest absolute Gasteiger partial charge is 0.349 e. The first-order chi connectivity index (χ1) is 14.5. The highest BCUT2D eigenvalue weighted by atomic mass is 32.2. The van der Waals surface area contributed by atoms with E-state index in [0.29, 0.717) is 27.8 Å². The van der Waals surface area contributed by atoms with E-state index in [1.165, 1.54) is 18.2 Å². The molecule has 3 aromatic rings. The van der Waals surface area contributed by atoms with Gasteiger partial charge in [-0.05, 0) is 74.2 Å². The number of phenols is 1. The van der Waals surface area contributed by atoms with E-state index in [2.05, 4.69) is 10.5 Å². The Hall–Kier alpha value is -3.66. The number of hydrogen-bond donors (Lipinski definition) is 3. The number of nitrogens with zero attached hydrogens (tertiary/aromatic N) is 1. The number of nitrogens with one attached hydrogen (secondary N) is 2. The number of sulfonamides is 1. The number of fused-ring (bicyclic) bond motifs is 1. The summed E-state index contributed by atoms with van der Waals surface area (Å²) >= 11 is 0. The summed E-state index contributed by atoms with van der Waals surface area (Å²) in [6.45, 7) is 6.61. The second-order valence-corrected chi connectivity index (χ2v) is 8.70. The van der Waals surface area contributed by atoms with E-state index in [4.69, 9.17) is 4.42 Å². The van der Waals surface area contributed by atoms with E-state index in [-0.39, 0.29) is 16.2 Å². The Bertz CT molecular complexity index is 1370. The molecule has 0 aliphatic heterocycles. The number of phenolic OH excluding ortho intramolecular Hbond substituents is 1. The van der Waals surface area contributed by atoms with Crippen molar-refractivity contribution in [2.45, 2.75) is 32.6 Å². The third kappa shape index (κ3) is 4.58. The number of carbonyl (C=O) groups is 1. The summed E-state index contributed by atoms with van der Waals surface area (Å²) in [5.74, 6) is 0.0796. The third-order valence-corrected chi connectivity index (χ3v) is 6.16.